The van der Waals surface area contributed by atoms with Crippen molar-refractivity contribution in [3.63, 3.8) is 0 Å². The van der Waals surface area contributed by atoms with E-state index >= 15 is 0 Å². The summed E-state index contributed by atoms with van der Waals surface area (Å²) in [5.41, 5.74) is 13.8. The van der Waals surface area contributed by atoms with Gasteiger partial charge in [0.1, 0.15) is 0 Å². The first-order valence-electron chi connectivity index (χ1n) is 6.74. The lowest BCUT2D eigenvalue weighted by Gasteiger charge is -2.15. The summed E-state index contributed by atoms with van der Waals surface area (Å²) < 4.78 is 0. The Morgan fingerprint density at radius 2 is 1.33 bits per heavy atom. The average molecular weight is 243 g/mol. The summed E-state index contributed by atoms with van der Waals surface area (Å²) in [6.45, 7) is 13.0. The average Bonchev–Trinajstić information content (AvgIpc) is 2.34. The lowest BCUT2D eigenvalue weighted by Crippen LogP contribution is -2.16. The van der Waals surface area contributed by atoms with E-state index in [0.717, 1.165) is 12.8 Å². The topological polar surface area (TPSA) is 26.0 Å². The third-order valence-corrected chi connectivity index (χ3v) is 3.98. The molecule has 2 N–H and O–H groups in total. The van der Waals surface area contributed by atoms with Gasteiger partial charge in [-0.2, -0.15) is 0 Å². The van der Waals surface area contributed by atoms with Gasteiger partial charge in [0.05, 0.1) is 6.04 Å². The van der Waals surface area contributed by atoms with Gasteiger partial charge in [0.2, 0.25) is 0 Å². The number of rotatable bonds is 2. The number of hydrogen-bond acceptors (Lipinski definition) is 1. The minimum Gasteiger partial charge on any atom is -0.318 e. The van der Waals surface area contributed by atoms with Crippen LogP contribution in [0.4, 0.5) is 0 Å². The molecule has 1 nitrogen and oxygen atoms in total. The van der Waals surface area contributed by atoms with E-state index in [9.17, 15) is 0 Å². The Labute approximate surface area is 112 Å². The van der Waals surface area contributed by atoms with E-state index in [4.69, 9.17) is 5.73 Å². The molecule has 1 atom stereocenters. The van der Waals surface area contributed by atoms with Gasteiger partial charge in [0, 0.05) is 5.56 Å². The molecule has 1 rings (SSSR count). The fourth-order valence-corrected chi connectivity index (χ4v) is 2.24. The molecular formula is C17H25N. The van der Waals surface area contributed by atoms with E-state index in [1.54, 1.807) is 0 Å². The molecule has 0 aliphatic heterocycles. The molecule has 0 heterocycles. The minimum absolute atomic E-state index is 0.00397. The first-order chi connectivity index (χ1) is 8.40. The van der Waals surface area contributed by atoms with Crippen LogP contribution >= 0.6 is 0 Å². The molecule has 1 aromatic carbocycles. The van der Waals surface area contributed by atoms with Gasteiger partial charge in [0.15, 0.2) is 0 Å². The highest BCUT2D eigenvalue weighted by Gasteiger charge is 2.10. The summed E-state index contributed by atoms with van der Waals surface area (Å²) in [6, 6.07) is -0.00397. The van der Waals surface area contributed by atoms with Crippen molar-refractivity contribution in [2.24, 2.45) is 5.73 Å². The molecule has 1 unspecified atom stereocenters. The van der Waals surface area contributed by atoms with Crippen LogP contribution in [0.2, 0.25) is 0 Å². The van der Waals surface area contributed by atoms with Gasteiger partial charge in [0.25, 0.3) is 0 Å². The maximum Gasteiger partial charge on any atom is 0.0668 e. The zero-order valence-corrected chi connectivity index (χ0v) is 12.6. The maximum atomic E-state index is 5.96. The Kier molecular flexibility index (Phi) is 4.99. The summed E-state index contributed by atoms with van der Waals surface area (Å²) in [7, 11) is 0. The van der Waals surface area contributed by atoms with E-state index in [-0.39, 0.29) is 6.04 Å². The fourth-order valence-electron chi connectivity index (χ4n) is 2.24. The molecule has 1 aromatic rings. The summed E-state index contributed by atoms with van der Waals surface area (Å²) >= 11 is 0. The summed E-state index contributed by atoms with van der Waals surface area (Å²) in [6.07, 6.45) is 2.05. The smallest absolute Gasteiger partial charge is 0.0668 e. The number of nitrogens with two attached hydrogens (primary N) is 1. The Morgan fingerprint density at radius 1 is 0.889 bits per heavy atom. The van der Waals surface area contributed by atoms with Crippen LogP contribution in [0.3, 0.4) is 0 Å². The van der Waals surface area contributed by atoms with Crippen molar-refractivity contribution in [1.29, 1.82) is 0 Å². The summed E-state index contributed by atoms with van der Waals surface area (Å²) in [5, 5.41) is 0. The number of benzene rings is 1. The standard InChI is InChI=1S/C17H25N/c1-7-8-16(18)9-10-17-14(5)12(3)11(2)13(4)15(17)6/h16H,7-8,18H2,1-6H3. The first kappa shape index (κ1) is 14.8. The Balaban J connectivity index is 3.26. The normalized spacial score (nSPS) is 11.9. The lowest BCUT2D eigenvalue weighted by molar-refractivity contribution is 0.720. The van der Waals surface area contributed by atoms with Gasteiger partial charge in [-0.1, -0.05) is 25.2 Å². The number of hydrogen-bond donors (Lipinski definition) is 1. The first-order valence-corrected chi connectivity index (χ1v) is 6.74. The van der Waals surface area contributed by atoms with Gasteiger partial charge >= 0.3 is 0 Å². The van der Waals surface area contributed by atoms with Crippen molar-refractivity contribution in [2.45, 2.75) is 60.4 Å². The van der Waals surface area contributed by atoms with Crippen LogP contribution in [0.5, 0.6) is 0 Å². The second-order valence-corrected chi connectivity index (χ2v) is 5.16. The molecule has 0 spiro atoms. The van der Waals surface area contributed by atoms with Gasteiger partial charge in [-0.15, -0.1) is 0 Å². The predicted molar refractivity (Wildman–Crippen MR) is 79.9 cm³/mol. The van der Waals surface area contributed by atoms with Crippen molar-refractivity contribution in [1.82, 2.24) is 0 Å². The van der Waals surface area contributed by atoms with Gasteiger partial charge in [-0.05, 0) is 68.9 Å². The Bertz CT molecular complexity index is 472. The predicted octanol–water partition coefficient (Wildman–Crippen LogP) is 3.71. The molecule has 0 radical (unpaired) electrons. The van der Waals surface area contributed by atoms with E-state index in [1.807, 2.05) is 0 Å². The van der Waals surface area contributed by atoms with Crippen molar-refractivity contribution < 1.29 is 0 Å². The highest BCUT2D eigenvalue weighted by Crippen LogP contribution is 2.25. The Morgan fingerprint density at radius 3 is 1.78 bits per heavy atom. The summed E-state index contributed by atoms with van der Waals surface area (Å²) in [5.74, 6) is 6.48. The van der Waals surface area contributed by atoms with Crippen molar-refractivity contribution in [3.8, 4) is 11.8 Å². The molecule has 98 valence electrons. The SMILES string of the molecule is CCCC(N)C#Cc1c(C)c(C)c(C)c(C)c1C. The molecular weight excluding hydrogens is 218 g/mol. The van der Waals surface area contributed by atoms with Gasteiger partial charge in [-0.25, -0.2) is 0 Å². The Hall–Kier alpha value is -1.26. The van der Waals surface area contributed by atoms with Crippen molar-refractivity contribution in [2.75, 3.05) is 0 Å². The van der Waals surface area contributed by atoms with Gasteiger partial charge < -0.3 is 5.73 Å². The molecule has 0 aliphatic carbocycles. The minimum atomic E-state index is -0.00397. The van der Waals surface area contributed by atoms with Crippen LogP contribution in [0.15, 0.2) is 0 Å². The molecule has 0 aliphatic rings. The molecule has 18 heavy (non-hydrogen) atoms. The molecule has 0 aromatic heterocycles. The van der Waals surface area contributed by atoms with E-state index in [0.29, 0.717) is 0 Å². The summed E-state index contributed by atoms with van der Waals surface area (Å²) in [4.78, 5) is 0. The highest BCUT2D eigenvalue weighted by atomic mass is 14.6. The van der Waals surface area contributed by atoms with Crippen molar-refractivity contribution in [3.05, 3.63) is 33.4 Å². The van der Waals surface area contributed by atoms with E-state index in [2.05, 4.69) is 53.4 Å². The molecule has 0 fully saturated rings. The third-order valence-electron chi connectivity index (χ3n) is 3.98. The zero-order valence-electron chi connectivity index (χ0n) is 12.6. The van der Waals surface area contributed by atoms with Crippen LogP contribution in [-0.4, -0.2) is 6.04 Å². The van der Waals surface area contributed by atoms with Gasteiger partial charge in [-0.3, -0.25) is 0 Å². The highest BCUT2D eigenvalue weighted by molar-refractivity contribution is 5.56. The van der Waals surface area contributed by atoms with Crippen molar-refractivity contribution >= 4 is 0 Å². The largest absolute Gasteiger partial charge is 0.318 e. The molecule has 0 saturated carbocycles. The monoisotopic (exact) mass is 243 g/mol. The second-order valence-electron chi connectivity index (χ2n) is 5.16. The van der Waals surface area contributed by atoms with Crippen LogP contribution in [0.25, 0.3) is 0 Å². The molecule has 1 heteroatoms. The lowest BCUT2D eigenvalue weighted by atomic mass is 9.90. The quantitative estimate of drug-likeness (QED) is 0.787. The third kappa shape index (κ3) is 2.94. The van der Waals surface area contributed by atoms with E-state index in [1.165, 1.54) is 33.4 Å². The maximum absolute atomic E-state index is 5.96. The molecule has 0 amide bonds. The molecule has 0 bridgehead atoms. The zero-order chi connectivity index (χ0) is 13.9. The molecule has 0 saturated heterocycles. The van der Waals surface area contributed by atoms with E-state index < -0.39 is 0 Å². The van der Waals surface area contributed by atoms with Crippen LogP contribution in [0, 0.1) is 46.5 Å². The fraction of sp³-hybridized carbons (Fsp3) is 0.529. The van der Waals surface area contributed by atoms with Crippen LogP contribution < -0.4 is 5.73 Å². The second kappa shape index (κ2) is 6.07. The van der Waals surface area contributed by atoms with Crippen LogP contribution in [-0.2, 0) is 0 Å². The van der Waals surface area contributed by atoms with Crippen LogP contribution in [0.1, 0.15) is 53.1 Å².